The van der Waals surface area contributed by atoms with Crippen molar-refractivity contribution < 1.29 is 4.74 Å². The molecule has 3 nitrogen and oxygen atoms in total. The zero-order valence-electron chi connectivity index (χ0n) is 10.4. The summed E-state index contributed by atoms with van der Waals surface area (Å²) in [5, 5.41) is 0. The van der Waals surface area contributed by atoms with Gasteiger partial charge in [-0.15, -0.1) is 0 Å². The van der Waals surface area contributed by atoms with Gasteiger partial charge in [0.2, 0.25) is 0 Å². The van der Waals surface area contributed by atoms with Crippen LogP contribution >= 0.6 is 0 Å². The molecule has 3 heteroatoms. The smallest absolute Gasteiger partial charge is 0.121 e. The first-order valence-electron chi connectivity index (χ1n) is 5.86. The summed E-state index contributed by atoms with van der Waals surface area (Å²) < 4.78 is 5.65. The van der Waals surface area contributed by atoms with E-state index in [1.807, 2.05) is 24.3 Å². The van der Waals surface area contributed by atoms with Crippen LogP contribution in [0.3, 0.4) is 0 Å². The van der Waals surface area contributed by atoms with Crippen LogP contribution in [0, 0.1) is 0 Å². The summed E-state index contributed by atoms with van der Waals surface area (Å²) in [5.74, 6) is 0.847. The number of benzene rings is 1. The number of nitrogens with zero attached hydrogens (tertiary/aromatic N) is 1. The molecule has 0 bridgehead atoms. The highest BCUT2D eigenvalue weighted by Gasteiger charge is 2.06. The van der Waals surface area contributed by atoms with Crippen molar-refractivity contribution in [1.29, 1.82) is 0 Å². The SMILES string of the molecule is CCN(CCOc1cccc(N)c1)C(C)C. The lowest BCUT2D eigenvalue weighted by atomic mass is 10.3. The number of ether oxygens (including phenoxy) is 1. The molecule has 16 heavy (non-hydrogen) atoms. The molecule has 0 aromatic heterocycles. The molecule has 0 atom stereocenters. The molecule has 0 aliphatic carbocycles. The lowest BCUT2D eigenvalue weighted by Gasteiger charge is -2.24. The second-order valence-corrected chi connectivity index (χ2v) is 4.14. The van der Waals surface area contributed by atoms with E-state index < -0.39 is 0 Å². The summed E-state index contributed by atoms with van der Waals surface area (Å²) in [6.45, 7) is 9.27. The predicted molar refractivity (Wildman–Crippen MR) is 68.7 cm³/mol. The second kappa shape index (κ2) is 6.38. The van der Waals surface area contributed by atoms with Crippen LogP contribution in [-0.4, -0.2) is 30.6 Å². The fraction of sp³-hybridized carbons (Fsp3) is 0.538. The lowest BCUT2D eigenvalue weighted by molar-refractivity contribution is 0.183. The van der Waals surface area contributed by atoms with Gasteiger partial charge in [0.25, 0.3) is 0 Å². The van der Waals surface area contributed by atoms with E-state index in [9.17, 15) is 0 Å². The monoisotopic (exact) mass is 222 g/mol. The maximum atomic E-state index is 5.67. The first kappa shape index (κ1) is 12.8. The molecule has 0 unspecified atom stereocenters. The van der Waals surface area contributed by atoms with E-state index in [1.54, 1.807) is 0 Å². The number of anilines is 1. The molecule has 90 valence electrons. The molecule has 1 aromatic rings. The number of nitrogens with two attached hydrogens (primary N) is 1. The molecule has 2 N–H and O–H groups in total. The van der Waals surface area contributed by atoms with Crippen molar-refractivity contribution in [1.82, 2.24) is 4.90 Å². The Labute approximate surface area is 98.2 Å². The van der Waals surface area contributed by atoms with Crippen LogP contribution in [0.5, 0.6) is 5.75 Å². The first-order chi connectivity index (χ1) is 7.63. The van der Waals surface area contributed by atoms with Gasteiger partial charge in [0, 0.05) is 24.3 Å². The Morgan fingerprint density at radius 3 is 2.69 bits per heavy atom. The van der Waals surface area contributed by atoms with Gasteiger partial charge < -0.3 is 10.5 Å². The third-order valence-electron chi connectivity index (χ3n) is 2.64. The number of likely N-dealkylation sites (N-methyl/N-ethyl adjacent to an activating group) is 1. The Kier molecular flexibility index (Phi) is 5.12. The van der Waals surface area contributed by atoms with Crippen molar-refractivity contribution in [3.63, 3.8) is 0 Å². The molecular formula is C13H22N2O. The molecule has 1 rings (SSSR count). The fourth-order valence-corrected chi connectivity index (χ4v) is 1.67. The van der Waals surface area contributed by atoms with Crippen LogP contribution in [0.4, 0.5) is 5.69 Å². The van der Waals surface area contributed by atoms with Gasteiger partial charge in [-0.3, -0.25) is 4.90 Å². The molecule has 0 fully saturated rings. The Hall–Kier alpha value is -1.22. The molecule has 1 aromatic carbocycles. The molecule has 0 spiro atoms. The molecule has 0 heterocycles. The lowest BCUT2D eigenvalue weighted by Crippen LogP contribution is -2.34. The summed E-state index contributed by atoms with van der Waals surface area (Å²) in [4.78, 5) is 2.37. The van der Waals surface area contributed by atoms with Crippen molar-refractivity contribution in [3.8, 4) is 5.75 Å². The Bertz CT molecular complexity index is 313. The van der Waals surface area contributed by atoms with Gasteiger partial charge in [0.15, 0.2) is 0 Å². The van der Waals surface area contributed by atoms with Crippen LogP contribution in [-0.2, 0) is 0 Å². The summed E-state index contributed by atoms with van der Waals surface area (Å²) in [6.07, 6.45) is 0. The first-order valence-corrected chi connectivity index (χ1v) is 5.86. The molecule has 0 saturated carbocycles. The molecule has 0 aliphatic rings. The van der Waals surface area contributed by atoms with E-state index in [1.165, 1.54) is 0 Å². The van der Waals surface area contributed by atoms with Gasteiger partial charge in [0.05, 0.1) is 0 Å². The zero-order chi connectivity index (χ0) is 12.0. The van der Waals surface area contributed by atoms with E-state index in [0.717, 1.165) is 24.5 Å². The average molecular weight is 222 g/mol. The quantitative estimate of drug-likeness (QED) is 0.751. The summed E-state index contributed by atoms with van der Waals surface area (Å²) in [7, 11) is 0. The fourth-order valence-electron chi connectivity index (χ4n) is 1.67. The van der Waals surface area contributed by atoms with E-state index in [2.05, 4.69) is 25.7 Å². The largest absolute Gasteiger partial charge is 0.492 e. The van der Waals surface area contributed by atoms with Gasteiger partial charge in [-0.05, 0) is 32.5 Å². The summed E-state index contributed by atoms with van der Waals surface area (Å²) in [6, 6.07) is 8.12. The summed E-state index contributed by atoms with van der Waals surface area (Å²) in [5.41, 5.74) is 6.42. The average Bonchev–Trinajstić information content (AvgIpc) is 2.24. The van der Waals surface area contributed by atoms with Crippen LogP contribution in [0.25, 0.3) is 0 Å². The van der Waals surface area contributed by atoms with Gasteiger partial charge >= 0.3 is 0 Å². The van der Waals surface area contributed by atoms with E-state index >= 15 is 0 Å². The number of nitrogen functional groups attached to an aromatic ring is 1. The van der Waals surface area contributed by atoms with Crippen molar-refractivity contribution >= 4 is 5.69 Å². The highest BCUT2D eigenvalue weighted by molar-refractivity contribution is 5.43. The van der Waals surface area contributed by atoms with Crippen molar-refractivity contribution in [2.24, 2.45) is 0 Å². The second-order valence-electron chi connectivity index (χ2n) is 4.14. The van der Waals surface area contributed by atoms with Crippen molar-refractivity contribution in [3.05, 3.63) is 24.3 Å². The minimum absolute atomic E-state index is 0.564. The maximum absolute atomic E-state index is 5.67. The molecular weight excluding hydrogens is 200 g/mol. The van der Waals surface area contributed by atoms with Crippen molar-refractivity contribution in [2.75, 3.05) is 25.4 Å². The van der Waals surface area contributed by atoms with E-state index in [4.69, 9.17) is 10.5 Å². The normalized spacial score (nSPS) is 11.1. The van der Waals surface area contributed by atoms with Gasteiger partial charge in [-0.1, -0.05) is 13.0 Å². The van der Waals surface area contributed by atoms with Crippen LogP contribution < -0.4 is 10.5 Å². The third-order valence-corrected chi connectivity index (χ3v) is 2.64. The van der Waals surface area contributed by atoms with Gasteiger partial charge in [-0.25, -0.2) is 0 Å². The standard InChI is InChI=1S/C13H22N2O/c1-4-15(11(2)3)8-9-16-13-7-5-6-12(14)10-13/h5-7,10-11H,4,8-9,14H2,1-3H3. The number of hydrogen-bond acceptors (Lipinski definition) is 3. The Morgan fingerprint density at radius 2 is 2.12 bits per heavy atom. The van der Waals surface area contributed by atoms with E-state index in [-0.39, 0.29) is 0 Å². The van der Waals surface area contributed by atoms with Crippen molar-refractivity contribution in [2.45, 2.75) is 26.8 Å². The number of hydrogen-bond donors (Lipinski definition) is 1. The minimum atomic E-state index is 0.564. The molecule has 0 saturated heterocycles. The van der Waals surface area contributed by atoms with E-state index in [0.29, 0.717) is 12.6 Å². The highest BCUT2D eigenvalue weighted by atomic mass is 16.5. The Balaban J connectivity index is 2.35. The van der Waals surface area contributed by atoms with Gasteiger partial charge in [0.1, 0.15) is 12.4 Å². The highest BCUT2D eigenvalue weighted by Crippen LogP contribution is 2.14. The molecule has 0 amide bonds. The number of rotatable bonds is 6. The maximum Gasteiger partial charge on any atom is 0.121 e. The molecule has 0 radical (unpaired) electrons. The van der Waals surface area contributed by atoms with Crippen LogP contribution in [0.15, 0.2) is 24.3 Å². The Morgan fingerprint density at radius 1 is 1.38 bits per heavy atom. The van der Waals surface area contributed by atoms with Gasteiger partial charge in [-0.2, -0.15) is 0 Å². The van der Waals surface area contributed by atoms with Crippen LogP contribution in [0.2, 0.25) is 0 Å². The third kappa shape index (κ3) is 4.11. The summed E-state index contributed by atoms with van der Waals surface area (Å²) >= 11 is 0. The topological polar surface area (TPSA) is 38.5 Å². The predicted octanol–water partition coefficient (Wildman–Crippen LogP) is 2.38. The van der Waals surface area contributed by atoms with Crippen LogP contribution in [0.1, 0.15) is 20.8 Å². The zero-order valence-corrected chi connectivity index (χ0v) is 10.4. The molecule has 0 aliphatic heterocycles. The minimum Gasteiger partial charge on any atom is -0.492 e.